The van der Waals surface area contributed by atoms with Crippen LogP contribution >= 0.6 is 0 Å². The van der Waals surface area contributed by atoms with Crippen molar-refractivity contribution in [1.29, 1.82) is 0 Å². The van der Waals surface area contributed by atoms with Gasteiger partial charge in [0, 0.05) is 18.8 Å². The Morgan fingerprint density at radius 2 is 2.10 bits per heavy atom. The van der Waals surface area contributed by atoms with Crippen LogP contribution in [0.4, 0.5) is 5.69 Å². The highest BCUT2D eigenvalue weighted by Gasteiger charge is 2.23. The Labute approximate surface area is 126 Å². The zero-order chi connectivity index (χ0) is 15.2. The molecular weight excluding hydrogens is 268 g/mol. The fourth-order valence-electron chi connectivity index (χ4n) is 2.45. The van der Waals surface area contributed by atoms with Gasteiger partial charge in [0.2, 0.25) is 0 Å². The van der Waals surface area contributed by atoms with Crippen LogP contribution in [0.2, 0.25) is 0 Å². The molecular formula is C16H26N2O3. The molecule has 1 fully saturated rings. The third-order valence-corrected chi connectivity index (χ3v) is 3.60. The van der Waals surface area contributed by atoms with Crippen molar-refractivity contribution in [2.45, 2.75) is 31.6 Å². The average molecular weight is 294 g/mol. The van der Waals surface area contributed by atoms with Crippen molar-refractivity contribution in [2.75, 3.05) is 39.2 Å². The molecule has 2 N–H and O–H groups in total. The standard InChI is InChI=1S/C16H26N2O3/c1-12-16(8-9-20-12)17-13-4-6-15(7-5-13)21-11-14(19)10-18(2)3/h4-7,12,14,16-17,19H,8-11H2,1-3H3. The highest BCUT2D eigenvalue weighted by atomic mass is 16.5. The maximum absolute atomic E-state index is 9.76. The number of nitrogens with one attached hydrogen (secondary N) is 1. The van der Waals surface area contributed by atoms with Crippen LogP contribution in [0.3, 0.4) is 0 Å². The van der Waals surface area contributed by atoms with E-state index in [-0.39, 0.29) is 6.10 Å². The Morgan fingerprint density at radius 3 is 2.67 bits per heavy atom. The van der Waals surface area contributed by atoms with Gasteiger partial charge in [0.05, 0.1) is 12.1 Å². The van der Waals surface area contributed by atoms with E-state index in [2.05, 4.69) is 12.2 Å². The van der Waals surface area contributed by atoms with Gasteiger partial charge in [-0.2, -0.15) is 0 Å². The van der Waals surface area contributed by atoms with Crippen LogP contribution in [0.1, 0.15) is 13.3 Å². The Balaban J connectivity index is 1.79. The summed E-state index contributed by atoms with van der Waals surface area (Å²) < 4.78 is 11.1. The lowest BCUT2D eigenvalue weighted by Gasteiger charge is -2.18. The number of hydrogen-bond acceptors (Lipinski definition) is 5. The van der Waals surface area contributed by atoms with E-state index in [9.17, 15) is 5.11 Å². The van der Waals surface area contributed by atoms with Gasteiger partial charge in [-0.15, -0.1) is 0 Å². The molecule has 3 unspecified atom stereocenters. The van der Waals surface area contributed by atoms with E-state index in [0.29, 0.717) is 19.2 Å². The van der Waals surface area contributed by atoms with Crippen molar-refractivity contribution < 1.29 is 14.6 Å². The molecule has 3 atom stereocenters. The van der Waals surface area contributed by atoms with Crippen molar-refractivity contribution in [3.05, 3.63) is 24.3 Å². The second kappa shape index (κ2) is 7.64. The smallest absolute Gasteiger partial charge is 0.119 e. The lowest BCUT2D eigenvalue weighted by molar-refractivity contribution is 0.0831. The number of likely N-dealkylation sites (N-methyl/N-ethyl adjacent to an activating group) is 1. The van der Waals surface area contributed by atoms with E-state index in [4.69, 9.17) is 9.47 Å². The minimum absolute atomic E-state index is 0.252. The predicted molar refractivity (Wildman–Crippen MR) is 83.9 cm³/mol. The lowest BCUT2D eigenvalue weighted by Crippen LogP contribution is -2.30. The number of anilines is 1. The molecule has 0 aliphatic carbocycles. The van der Waals surface area contributed by atoms with Crippen molar-refractivity contribution in [3.63, 3.8) is 0 Å². The molecule has 1 heterocycles. The SMILES string of the molecule is CC1OCCC1Nc1ccc(OCC(O)CN(C)C)cc1. The normalized spacial score (nSPS) is 23.3. The van der Waals surface area contributed by atoms with Gasteiger partial charge in [0.25, 0.3) is 0 Å². The number of nitrogens with zero attached hydrogens (tertiary/aromatic N) is 1. The fraction of sp³-hybridized carbons (Fsp3) is 0.625. The van der Waals surface area contributed by atoms with Gasteiger partial charge in [-0.1, -0.05) is 0 Å². The van der Waals surface area contributed by atoms with Crippen LogP contribution in [0.5, 0.6) is 5.75 Å². The first-order chi connectivity index (χ1) is 10.0. The van der Waals surface area contributed by atoms with E-state index in [0.717, 1.165) is 24.5 Å². The largest absolute Gasteiger partial charge is 0.491 e. The van der Waals surface area contributed by atoms with E-state index < -0.39 is 6.10 Å². The molecule has 5 nitrogen and oxygen atoms in total. The number of benzene rings is 1. The van der Waals surface area contributed by atoms with E-state index in [1.807, 2.05) is 43.3 Å². The molecule has 0 bridgehead atoms. The second-order valence-corrected chi connectivity index (χ2v) is 5.87. The molecule has 0 radical (unpaired) electrons. The van der Waals surface area contributed by atoms with Crippen LogP contribution < -0.4 is 10.1 Å². The summed E-state index contributed by atoms with van der Waals surface area (Å²) in [5.74, 6) is 0.772. The van der Waals surface area contributed by atoms with E-state index >= 15 is 0 Å². The molecule has 0 aromatic heterocycles. The van der Waals surface area contributed by atoms with E-state index in [1.165, 1.54) is 0 Å². The van der Waals surface area contributed by atoms with Gasteiger partial charge in [0.1, 0.15) is 18.5 Å². The Kier molecular flexibility index (Phi) is 5.85. The molecule has 0 saturated carbocycles. The van der Waals surface area contributed by atoms with Gasteiger partial charge < -0.3 is 24.8 Å². The molecule has 5 heteroatoms. The van der Waals surface area contributed by atoms with Crippen LogP contribution in [0.25, 0.3) is 0 Å². The van der Waals surface area contributed by atoms with Crippen LogP contribution in [-0.4, -0.2) is 62.1 Å². The Hall–Kier alpha value is -1.30. The molecule has 21 heavy (non-hydrogen) atoms. The summed E-state index contributed by atoms with van der Waals surface area (Å²) in [6.07, 6.45) is 0.812. The number of ether oxygens (including phenoxy) is 2. The molecule has 1 saturated heterocycles. The van der Waals surface area contributed by atoms with Gasteiger partial charge >= 0.3 is 0 Å². The maximum Gasteiger partial charge on any atom is 0.119 e. The third kappa shape index (κ3) is 5.19. The third-order valence-electron chi connectivity index (χ3n) is 3.60. The Bertz CT molecular complexity index is 422. The number of aliphatic hydroxyl groups is 1. The van der Waals surface area contributed by atoms with Gasteiger partial charge in [0.15, 0.2) is 0 Å². The van der Waals surface area contributed by atoms with Crippen molar-refractivity contribution in [1.82, 2.24) is 4.90 Å². The summed E-state index contributed by atoms with van der Waals surface area (Å²) in [5.41, 5.74) is 1.07. The minimum Gasteiger partial charge on any atom is -0.491 e. The van der Waals surface area contributed by atoms with Crippen LogP contribution in [0.15, 0.2) is 24.3 Å². The maximum atomic E-state index is 9.76. The number of hydrogen-bond donors (Lipinski definition) is 2. The summed E-state index contributed by atoms with van der Waals surface area (Å²) in [5, 5.41) is 13.2. The summed E-state index contributed by atoms with van der Waals surface area (Å²) in [4.78, 5) is 1.94. The number of aliphatic hydroxyl groups excluding tert-OH is 1. The Morgan fingerprint density at radius 1 is 1.38 bits per heavy atom. The predicted octanol–water partition coefficient (Wildman–Crippen LogP) is 1.58. The van der Waals surface area contributed by atoms with Gasteiger partial charge in [-0.3, -0.25) is 0 Å². The zero-order valence-corrected chi connectivity index (χ0v) is 13.1. The first-order valence-corrected chi connectivity index (χ1v) is 7.48. The topological polar surface area (TPSA) is 54.0 Å². The molecule has 1 aliphatic heterocycles. The molecule has 1 aromatic rings. The summed E-state index contributed by atoms with van der Waals surface area (Å²) in [6, 6.07) is 8.21. The van der Waals surface area contributed by atoms with Crippen molar-refractivity contribution in [2.24, 2.45) is 0 Å². The summed E-state index contributed by atoms with van der Waals surface area (Å²) in [6.45, 7) is 3.82. The summed E-state index contributed by atoms with van der Waals surface area (Å²) >= 11 is 0. The molecule has 2 rings (SSSR count). The molecule has 1 aromatic carbocycles. The van der Waals surface area contributed by atoms with E-state index in [1.54, 1.807) is 0 Å². The van der Waals surface area contributed by atoms with Crippen molar-refractivity contribution >= 4 is 5.69 Å². The second-order valence-electron chi connectivity index (χ2n) is 5.87. The highest BCUT2D eigenvalue weighted by molar-refractivity contribution is 5.47. The first-order valence-electron chi connectivity index (χ1n) is 7.48. The lowest BCUT2D eigenvalue weighted by atomic mass is 10.1. The quantitative estimate of drug-likeness (QED) is 0.799. The first kappa shape index (κ1) is 16.1. The van der Waals surface area contributed by atoms with Gasteiger partial charge in [-0.25, -0.2) is 0 Å². The zero-order valence-electron chi connectivity index (χ0n) is 13.1. The summed E-state index contributed by atoms with van der Waals surface area (Å²) in [7, 11) is 3.86. The van der Waals surface area contributed by atoms with Gasteiger partial charge in [-0.05, 0) is 51.7 Å². The molecule has 118 valence electrons. The highest BCUT2D eigenvalue weighted by Crippen LogP contribution is 2.21. The van der Waals surface area contributed by atoms with Crippen molar-refractivity contribution in [3.8, 4) is 5.75 Å². The average Bonchev–Trinajstić information content (AvgIpc) is 2.83. The van der Waals surface area contributed by atoms with Crippen LogP contribution in [-0.2, 0) is 4.74 Å². The van der Waals surface area contributed by atoms with Crippen LogP contribution in [0, 0.1) is 0 Å². The molecule has 1 aliphatic rings. The molecule has 0 spiro atoms. The number of rotatable bonds is 7. The fourth-order valence-corrected chi connectivity index (χ4v) is 2.45. The minimum atomic E-state index is -0.478. The monoisotopic (exact) mass is 294 g/mol. The molecule has 0 amide bonds.